The van der Waals surface area contributed by atoms with E-state index in [-0.39, 0.29) is 24.0 Å². The summed E-state index contributed by atoms with van der Waals surface area (Å²) in [7, 11) is 0. The highest BCUT2D eigenvalue weighted by molar-refractivity contribution is 5.92. The Balaban J connectivity index is 1.37. The first-order valence-electron chi connectivity index (χ1n) is 8.62. The van der Waals surface area contributed by atoms with Crippen LogP contribution in [0.4, 0.5) is 8.78 Å². The average molecular weight is 386 g/mol. The Morgan fingerprint density at radius 3 is 2.54 bits per heavy atom. The molecule has 5 nitrogen and oxygen atoms in total. The predicted molar refractivity (Wildman–Crippen MR) is 96.5 cm³/mol. The maximum absolute atomic E-state index is 13.7. The van der Waals surface area contributed by atoms with Crippen molar-refractivity contribution in [3.8, 4) is 11.5 Å². The number of ether oxygens (including phenoxy) is 4. The Morgan fingerprint density at radius 1 is 1.04 bits per heavy atom. The first-order valence-corrected chi connectivity index (χ1v) is 8.62. The van der Waals surface area contributed by atoms with Gasteiger partial charge in [0.2, 0.25) is 0 Å². The molecule has 1 aliphatic rings. The van der Waals surface area contributed by atoms with E-state index >= 15 is 0 Å². The summed E-state index contributed by atoms with van der Waals surface area (Å²) in [5.41, 5.74) is 0.324. The zero-order valence-electron chi connectivity index (χ0n) is 14.7. The lowest BCUT2D eigenvalue weighted by Crippen LogP contribution is -2.09. The second-order valence-electron chi connectivity index (χ2n) is 6.25. The zero-order valence-corrected chi connectivity index (χ0v) is 14.7. The normalized spacial score (nSPS) is 15.4. The molecule has 1 fully saturated rings. The first kappa shape index (κ1) is 18.3. The molecule has 1 unspecified atom stereocenters. The Hall–Kier alpha value is -3.03. The molecule has 3 aromatic rings. The Morgan fingerprint density at radius 2 is 1.79 bits per heavy atom. The summed E-state index contributed by atoms with van der Waals surface area (Å²) < 4.78 is 48.0. The van der Waals surface area contributed by atoms with Crippen molar-refractivity contribution >= 4 is 16.7 Å². The molecule has 1 heterocycles. The van der Waals surface area contributed by atoms with Crippen molar-refractivity contribution in [3.05, 3.63) is 71.8 Å². The lowest BCUT2D eigenvalue weighted by atomic mass is 10.1. The molecule has 0 saturated carbocycles. The maximum atomic E-state index is 13.7. The van der Waals surface area contributed by atoms with E-state index in [4.69, 9.17) is 18.9 Å². The summed E-state index contributed by atoms with van der Waals surface area (Å²) in [4.78, 5) is 12.3. The number of hydrogen-bond donors (Lipinski definition) is 0. The van der Waals surface area contributed by atoms with Crippen molar-refractivity contribution in [2.75, 3.05) is 20.0 Å². The summed E-state index contributed by atoms with van der Waals surface area (Å²) in [5.74, 6) is -1.64. The minimum atomic E-state index is -0.931. The van der Waals surface area contributed by atoms with Crippen molar-refractivity contribution in [2.45, 2.75) is 6.10 Å². The molecule has 0 aromatic heterocycles. The minimum absolute atomic E-state index is 0.0951. The zero-order chi connectivity index (χ0) is 19.5. The summed E-state index contributed by atoms with van der Waals surface area (Å²) in [6.45, 7) is 1.31. The SMILES string of the molecule is O=C(Oc1ccc2c(F)c(F)ccc2c1)c1ccc(OCOCC2CO2)cc1. The van der Waals surface area contributed by atoms with Gasteiger partial charge in [-0.05, 0) is 53.9 Å². The highest BCUT2D eigenvalue weighted by Gasteiger charge is 2.22. The van der Waals surface area contributed by atoms with Crippen LogP contribution in [0.3, 0.4) is 0 Å². The molecule has 0 radical (unpaired) electrons. The van der Waals surface area contributed by atoms with Crippen LogP contribution in [0.25, 0.3) is 10.8 Å². The smallest absolute Gasteiger partial charge is 0.343 e. The van der Waals surface area contributed by atoms with Crippen LogP contribution in [0.1, 0.15) is 10.4 Å². The predicted octanol–water partition coefficient (Wildman–Crippen LogP) is 4.09. The third-order valence-corrected chi connectivity index (χ3v) is 4.19. The van der Waals surface area contributed by atoms with Gasteiger partial charge in [-0.3, -0.25) is 0 Å². The van der Waals surface area contributed by atoms with Crippen LogP contribution in [-0.4, -0.2) is 32.1 Å². The van der Waals surface area contributed by atoms with E-state index in [2.05, 4.69) is 0 Å². The number of epoxide rings is 1. The van der Waals surface area contributed by atoms with Crippen LogP contribution in [-0.2, 0) is 9.47 Å². The van der Waals surface area contributed by atoms with Gasteiger partial charge in [0.25, 0.3) is 0 Å². The third-order valence-electron chi connectivity index (χ3n) is 4.19. The maximum Gasteiger partial charge on any atom is 0.343 e. The van der Waals surface area contributed by atoms with E-state index in [0.717, 1.165) is 12.7 Å². The fourth-order valence-corrected chi connectivity index (χ4v) is 2.61. The Kier molecular flexibility index (Phi) is 5.18. The average Bonchev–Trinajstić information content (AvgIpc) is 3.53. The van der Waals surface area contributed by atoms with Crippen molar-refractivity contribution in [1.29, 1.82) is 0 Å². The fraction of sp³-hybridized carbons (Fsp3) is 0.190. The molecule has 0 aliphatic carbocycles. The molecule has 1 saturated heterocycles. The molecular weight excluding hydrogens is 370 g/mol. The molecule has 4 rings (SSSR count). The van der Waals surface area contributed by atoms with E-state index in [0.29, 0.717) is 23.3 Å². The summed E-state index contributed by atoms with van der Waals surface area (Å²) in [6, 6.07) is 13.1. The molecule has 3 aromatic carbocycles. The summed E-state index contributed by atoms with van der Waals surface area (Å²) in [6.07, 6.45) is 0.173. The van der Waals surface area contributed by atoms with E-state index in [1.54, 1.807) is 24.3 Å². The van der Waals surface area contributed by atoms with Gasteiger partial charge >= 0.3 is 5.97 Å². The molecule has 0 amide bonds. The molecule has 0 N–H and O–H groups in total. The monoisotopic (exact) mass is 386 g/mol. The van der Waals surface area contributed by atoms with Gasteiger partial charge in [-0.2, -0.15) is 0 Å². The number of rotatable bonds is 7. The molecule has 7 heteroatoms. The van der Waals surface area contributed by atoms with Crippen molar-refractivity contribution < 1.29 is 32.5 Å². The lowest BCUT2D eigenvalue weighted by Gasteiger charge is -2.08. The van der Waals surface area contributed by atoms with Gasteiger partial charge in [0.05, 0.1) is 18.8 Å². The standard InChI is InChI=1S/C21H16F2O5/c22-19-8-3-14-9-16(6-7-18(14)20(19)23)28-21(24)13-1-4-15(5-2-13)27-12-25-10-17-11-26-17/h1-9,17H,10-12H2. The Bertz CT molecular complexity index is 1000. The van der Waals surface area contributed by atoms with E-state index in [1.165, 1.54) is 24.3 Å². The van der Waals surface area contributed by atoms with Crippen molar-refractivity contribution in [2.24, 2.45) is 0 Å². The van der Waals surface area contributed by atoms with E-state index in [1.807, 2.05) is 0 Å². The Labute approximate surface area is 159 Å². The second kappa shape index (κ2) is 7.92. The van der Waals surface area contributed by atoms with Crippen LogP contribution < -0.4 is 9.47 Å². The van der Waals surface area contributed by atoms with Crippen molar-refractivity contribution in [1.82, 2.24) is 0 Å². The van der Waals surface area contributed by atoms with Crippen molar-refractivity contribution in [3.63, 3.8) is 0 Å². The van der Waals surface area contributed by atoms with Gasteiger partial charge in [-0.15, -0.1) is 0 Å². The van der Waals surface area contributed by atoms with Gasteiger partial charge < -0.3 is 18.9 Å². The summed E-state index contributed by atoms with van der Waals surface area (Å²) >= 11 is 0. The van der Waals surface area contributed by atoms with Gasteiger partial charge in [-0.25, -0.2) is 13.6 Å². The van der Waals surface area contributed by atoms with Gasteiger partial charge in [-0.1, -0.05) is 6.07 Å². The van der Waals surface area contributed by atoms with E-state index < -0.39 is 17.6 Å². The second-order valence-corrected chi connectivity index (χ2v) is 6.25. The number of benzene rings is 3. The quantitative estimate of drug-likeness (QED) is 0.201. The number of esters is 1. The number of carbonyl (C=O) groups excluding carboxylic acids is 1. The number of fused-ring (bicyclic) bond motifs is 1. The van der Waals surface area contributed by atoms with Gasteiger partial charge in [0.1, 0.15) is 17.6 Å². The van der Waals surface area contributed by atoms with Crippen LogP contribution in [0.15, 0.2) is 54.6 Å². The largest absolute Gasteiger partial charge is 0.468 e. The van der Waals surface area contributed by atoms with Crippen LogP contribution in [0.5, 0.6) is 11.5 Å². The highest BCUT2D eigenvalue weighted by atomic mass is 19.2. The fourth-order valence-electron chi connectivity index (χ4n) is 2.61. The molecule has 1 atom stereocenters. The highest BCUT2D eigenvalue weighted by Crippen LogP contribution is 2.25. The lowest BCUT2D eigenvalue weighted by molar-refractivity contribution is 0.00821. The van der Waals surface area contributed by atoms with Gasteiger partial charge in [0.15, 0.2) is 18.4 Å². The molecule has 144 valence electrons. The molecular formula is C21H16F2O5. The summed E-state index contributed by atoms with van der Waals surface area (Å²) in [5, 5.41) is 0.557. The topological polar surface area (TPSA) is 57.3 Å². The number of halogens is 2. The van der Waals surface area contributed by atoms with Crippen LogP contribution in [0, 0.1) is 11.6 Å². The first-order chi connectivity index (χ1) is 13.6. The molecule has 0 spiro atoms. The molecule has 1 aliphatic heterocycles. The van der Waals surface area contributed by atoms with Crippen LogP contribution >= 0.6 is 0 Å². The minimum Gasteiger partial charge on any atom is -0.468 e. The van der Waals surface area contributed by atoms with Gasteiger partial charge in [0, 0.05) is 5.39 Å². The molecule has 28 heavy (non-hydrogen) atoms. The number of hydrogen-bond acceptors (Lipinski definition) is 5. The third kappa shape index (κ3) is 4.27. The van der Waals surface area contributed by atoms with E-state index in [9.17, 15) is 13.6 Å². The molecule has 0 bridgehead atoms. The van der Waals surface area contributed by atoms with Crippen LogP contribution in [0.2, 0.25) is 0 Å². The number of carbonyl (C=O) groups is 1.